The van der Waals surface area contributed by atoms with Gasteiger partial charge in [0.05, 0.1) is 16.8 Å². The number of hydrogen-bond acceptors (Lipinski definition) is 5. The highest BCUT2D eigenvalue weighted by Gasteiger charge is 2.21. The van der Waals surface area contributed by atoms with Crippen LogP contribution in [0.15, 0.2) is 84.9 Å². The zero-order valence-corrected chi connectivity index (χ0v) is 16.8. The Morgan fingerprint density at radius 3 is 2.35 bits per heavy atom. The van der Waals surface area contributed by atoms with Crippen molar-refractivity contribution in [3.05, 3.63) is 90.5 Å². The van der Waals surface area contributed by atoms with Crippen molar-refractivity contribution in [2.24, 2.45) is 0 Å². The quantitative estimate of drug-likeness (QED) is 0.460. The zero-order valence-electron chi connectivity index (χ0n) is 16.8. The Bertz CT molecular complexity index is 1240. The van der Waals surface area contributed by atoms with Gasteiger partial charge in [0.15, 0.2) is 6.10 Å². The summed E-state index contributed by atoms with van der Waals surface area (Å²) in [5.74, 6) is -0.895. The Kier molecular flexibility index (Phi) is 5.62. The number of rotatable bonds is 5. The SMILES string of the molecule is C[C@H](OC(=O)c1cc(-c2ccc(O)cc2)nc2ccccc12)C(=O)Nc1ccccc1. The standard InChI is InChI=1S/C25H20N2O4/c1-16(24(29)26-18-7-3-2-4-8-18)31-25(30)21-15-23(17-11-13-19(28)14-12-17)27-22-10-6-5-9-20(21)22/h2-16,28H,1H3,(H,26,29)/t16-/m0/s1. The summed E-state index contributed by atoms with van der Waals surface area (Å²) in [6.07, 6.45) is -0.989. The summed E-state index contributed by atoms with van der Waals surface area (Å²) in [5, 5.41) is 12.9. The average molecular weight is 412 g/mol. The van der Waals surface area contributed by atoms with Crippen molar-refractivity contribution in [3.8, 4) is 17.0 Å². The number of nitrogens with zero attached hydrogens (tertiary/aromatic N) is 1. The molecule has 1 atom stereocenters. The summed E-state index contributed by atoms with van der Waals surface area (Å²) in [6.45, 7) is 1.53. The molecular weight excluding hydrogens is 392 g/mol. The third-order valence-corrected chi connectivity index (χ3v) is 4.79. The molecular formula is C25H20N2O4. The molecule has 6 heteroatoms. The van der Waals surface area contributed by atoms with Crippen LogP contribution in [-0.2, 0) is 9.53 Å². The smallest absolute Gasteiger partial charge is 0.339 e. The molecule has 2 N–H and O–H groups in total. The van der Waals surface area contributed by atoms with Gasteiger partial charge < -0.3 is 15.2 Å². The summed E-state index contributed by atoms with van der Waals surface area (Å²) in [4.78, 5) is 30.1. The zero-order chi connectivity index (χ0) is 21.8. The Balaban J connectivity index is 1.62. The minimum atomic E-state index is -0.989. The number of pyridine rings is 1. The van der Waals surface area contributed by atoms with E-state index >= 15 is 0 Å². The van der Waals surface area contributed by atoms with Crippen LogP contribution in [0.2, 0.25) is 0 Å². The largest absolute Gasteiger partial charge is 0.508 e. The van der Waals surface area contributed by atoms with Gasteiger partial charge in [-0.15, -0.1) is 0 Å². The number of hydrogen-bond donors (Lipinski definition) is 2. The molecule has 0 aliphatic heterocycles. The van der Waals surface area contributed by atoms with Crippen LogP contribution >= 0.6 is 0 Å². The summed E-state index contributed by atoms with van der Waals surface area (Å²) < 4.78 is 5.47. The minimum Gasteiger partial charge on any atom is -0.508 e. The van der Waals surface area contributed by atoms with Gasteiger partial charge in [0.2, 0.25) is 0 Å². The number of amides is 1. The lowest BCUT2D eigenvalue weighted by atomic mass is 10.0. The van der Waals surface area contributed by atoms with Crippen molar-refractivity contribution >= 4 is 28.5 Å². The molecule has 0 unspecified atom stereocenters. The summed E-state index contributed by atoms with van der Waals surface area (Å²) >= 11 is 0. The maximum atomic E-state index is 13.0. The molecule has 0 fully saturated rings. The van der Waals surface area contributed by atoms with Crippen LogP contribution in [0.1, 0.15) is 17.3 Å². The number of phenols is 1. The van der Waals surface area contributed by atoms with Crippen molar-refractivity contribution < 1.29 is 19.4 Å². The Labute approximate surface area is 179 Å². The van der Waals surface area contributed by atoms with Crippen molar-refractivity contribution in [2.75, 3.05) is 5.32 Å². The Hall–Kier alpha value is -4.19. The van der Waals surface area contributed by atoms with Gasteiger partial charge in [0, 0.05) is 16.6 Å². The number of para-hydroxylation sites is 2. The fourth-order valence-corrected chi connectivity index (χ4v) is 3.17. The molecule has 0 saturated heterocycles. The number of esters is 1. The molecule has 0 spiro atoms. The molecule has 0 radical (unpaired) electrons. The molecule has 3 aromatic carbocycles. The molecule has 6 nitrogen and oxygen atoms in total. The fraction of sp³-hybridized carbons (Fsp3) is 0.0800. The van der Waals surface area contributed by atoms with E-state index in [-0.39, 0.29) is 5.75 Å². The van der Waals surface area contributed by atoms with Crippen LogP contribution in [0.3, 0.4) is 0 Å². The Morgan fingerprint density at radius 2 is 1.61 bits per heavy atom. The lowest BCUT2D eigenvalue weighted by molar-refractivity contribution is -0.123. The first-order chi connectivity index (χ1) is 15.0. The van der Waals surface area contributed by atoms with Crippen molar-refractivity contribution in [1.82, 2.24) is 4.98 Å². The molecule has 0 bridgehead atoms. The van der Waals surface area contributed by atoms with Crippen molar-refractivity contribution in [2.45, 2.75) is 13.0 Å². The third kappa shape index (κ3) is 4.53. The number of phenolic OH excluding ortho intramolecular Hbond substituents is 1. The van der Waals surface area contributed by atoms with Gasteiger partial charge >= 0.3 is 5.97 Å². The van der Waals surface area contributed by atoms with E-state index in [9.17, 15) is 14.7 Å². The number of fused-ring (bicyclic) bond motifs is 1. The van der Waals surface area contributed by atoms with Gasteiger partial charge in [-0.1, -0.05) is 36.4 Å². The molecule has 31 heavy (non-hydrogen) atoms. The number of nitrogens with one attached hydrogen (secondary N) is 1. The summed E-state index contributed by atoms with van der Waals surface area (Å²) in [6, 6.07) is 24.4. The first-order valence-corrected chi connectivity index (χ1v) is 9.77. The maximum Gasteiger partial charge on any atom is 0.339 e. The highest BCUT2D eigenvalue weighted by atomic mass is 16.5. The number of aromatic nitrogens is 1. The lowest BCUT2D eigenvalue weighted by Gasteiger charge is -2.15. The van der Waals surface area contributed by atoms with E-state index in [0.29, 0.717) is 27.8 Å². The number of aromatic hydroxyl groups is 1. The first-order valence-electron chi connectivity index (χ1n) is 9.77. The molecule has 154 valence electrons. The molecule has 0 aliphatic carbocycles. The molecule has 1 amide bonds. The predicted molar refractivity (Wildman–Crippen MR) is 119 cm³/mol. The molecule has 1 aromatic heterocycles. The van der Waals surface area contributed by atoms with E-state index in [0.717, 1.165) is 5.56 Å². The highest BCUT2D eigenvalue weighted by Crippen LogP contribution is 2.27. The maximum absolute atomic E-state index is 13.0. The van der Waals surface area contributed by atoms with E-state index in [1.54, 1.807) is 60.7 Å². The summed E-state index contributed by atoms with van der Waals surface area (Å²) in [5.41, 5.74) is 2.87. The van der Waals surface area contributed by atoms with Crippen LogP contribution in [-0.4, -0.2) is 28.1 Å². The van der Waals surface area contributed by atoms with Gasteiger partial charge in [-0.25, -0.2) is 9.78 Å². The molecule has 1 heterocycles. The average Bonchev–Trinajstić information content (AvgIpc) is 2.79. The van der Waals surface area contributed by atoms with Crippen molar-refractivity contribution in [3.63, 3.8) is 0 Å². The van der Waals surface area contributed by atoms with E-state index in [1.165, 1.54) is 6.92 Å². The number of ether oxygens (including phenoxy) is 1. The van der Waals surface area contributed by atoms with Crippen LogP contribution < -0.4 is 5.32 Å². The summed E-state index contributed by atoms with van der Waals surface area (Å²) in [7, 11) is 0. The fourth-order valence-electron chi connectivity index (χ4n) is 3.17. The number of carbonyl (C=O) groups is 2. The van der Waals surface area contributed by atoms with Gasteiger partial charge in [0.1, 0.15) is 5.75 Å². The van der Waals surface area contributed by atoms with Gasteiger partial charge in [-0.2, -0.15) is 0 Å². The van der Waals surface area contributed by atoms with E-state index < -0.39 is 18.0 Å². The number of benzene rings is 3. The number of carbonyl (C=O) groups excluding carboxylic acids is 2. The highest BCUT2D eigenvalue weighted by molar-refractivity contribution is 6.06. The van der Waals surface area contributed by atoms with E-state index in [1.807, 2.05) is 24.3 Å². The van der Waals surface area contributed by atoms with E-state index in [2.05, 4.69) is 10.3 Å². The second-order valence-corrected chi connectivity index (χ2v) is 7.02. The molecule has 4 aromatic rings. The molecule has 0 aliphatic rings. The number of anilines is 1. The first kappa shape index (κ1) is 20.1. The van der Waals surface area contributed by atoms with Crippen LogP contribution in [0, 0.1) is 0 Å². The van der Waals surface area contributed by atoms with Gasteiger partial charge in [-0.05, 0) is 55.5 Å². The van der Waals surface area contributed by atoms with Crippen LogP contribution in [0.4, 0.5) is 5.69 Å². The topological polar surface area (TPSA) is 88.5 Å². The second-order valence-electron chi connectivity index (χ2n) is 7.02. The lowest BCUT2D eigenvalue weighted by Crippen LogP contribution is -2.30. The minimum absolute atomic E-state index is 0.141. The predicted octanol–water partition coefficient (Wildman–Crippen LogP) is 4.79. The normalized spacial score (nSPS) is 11.6. The monoisotopic (exact) mass is 412 g/mol. The Morgan fingerprint density at radius 1 is 0.935 bits per heavy atom. The molecule has 0 saturated carbocycles. The van der Waals surface area contributed by atoms with Gasteiger partial charge in [0.25, 0.3) is 5.91 Å². The van der Waals surface area contributed by atoms with Crippen LogP contribution in [0.25, 0.3) is 22.2 Å². The second kappa shape index (κ2) is 8.67. The van der Waals surface area contributed by atoms with Crippen LogP contribution in [0.5, 0.6) is 5.75 Å². The van der Waals surface area contributed by atoms with Gasteiger partial charge in [-0.3, -0.25) is 4.79 Å². The molecule has 4 rings (SSSR count). The third-order valence-electron chi connectivity index (χ3n) is 4.79. The van der Waals surface area contributed by atoms with Crippen molar-refractivity contribution in [1.29, 1.82) is 0 Å². The van der Waals surface area contributed by atoms with E-state index in [4.69, 9.17) is 4.74 Å².